The summed E-state index contributed by atoms with van der Waals surface area (Å²) < 4.78 is 11.7. The lowest BCUT2D eigenvalue weighted by Gasteiger charge is -2.31. The lowest BCUT2D eigenvalue weighted by molar-refractivity contribution is -0.0142. The number of furan rings is 1. The Bertz CT molecular complexity index is 375. The molecule has 1 aromatic rings. The Morgan fingerprint density at radius 3 is 2.74 bits per heavy atom. The molecule has 0 aromatic carbocycles. The molecule has 2 rings (SSSR count). The second-order valence-corrected chi connectivity index (χ2v) is 5.85. The predicted octanol–water partition coefficient (Wildman–Crippen LogP) is 3.73. The van der Waals surface area contributed by atoms with Crippen molar-refractivity contribution < 1.29 is 9.15 Å². The van der Waals surface area contributed by atoms with Gasteiger partial charge in [0, 0.05) is 0 Å². The molecule has 1 aliphatic carbocycles. The van der Waals surface area contributed by atoms with E-state index in [-0.39, 0.29) is 0 Å². The van der Waals surface area contributed by atoms with Gasteiger partial charge in [-0.05, 0) is 49.8 Å². The van der Waals surface area contributed by atoms with Crippen LogP contribution in [0.25, 0.3) is 0 Å². The quantitative estimate of drug-likeness (QED) is 0.851. The van der Waals surface area contributed by atoms with Gasteiger partial charge < -0.3 is 14.5 Å². The fourth-order valence-corrected chi connectivity index (χ4v) is 2.69. The van der Waals surface area contributed by atoms with Gasteiger partial charge in [-0.25, -0.2) is 0 Å². The first-order valence-corrected chi connectivity index (χ1v) is 7.59. The molecular weight excluding hydrogens is 238 g/mol. The molecule has 3 unspecified atom stereocenters. The summed E-state index contributed by atoms with van der Waals surface area (Å²) >= 11 is 0. The predicted molar refractivity (Wildman–Crippen MR) is 76.8 cm³/mol. The first kappa shape index (κ1) is 14.6. The molecule has 0 radical (unpaired) electrons. The summed E-state index contributed by atoms with van der Waals surface area (Å²) in [4.78, 5) is 0. The Kier molecular flexibility index (Phi) is 5.46. The molecule has 108 valence electrons. The van der Waals surface area contributed by atoms with Crippen molar-refractivity contribution in [3.8, 4) is 0 Å². The van der Waals surface area contributed by atoms with E-state index in [0.717, 1.165) is 36.4 Å². The Labute approximate surface area is 116 Å². The summed E-state index contributed by atoms with van der Waals surface area (Å²) in [6.07, 6.45) is 4.08. The van der Waals surface area contributed by atoms with E-state index in [1.807, 2.05) is 12.1 Å². The maximum Gasteiger partial charge on any atom is 0.129 e. The van der Waals surface area contributed by atoms with Gasteiger partial charge in [-0.15, -0.1) is 0 Å². The van der Waals surface area contributed by atoms with Gasteiger partial charge in [-0.3, -0.25) is 0 Å². The van der Waals surface area contributed by atoms with Crippen LogP contribution < -0.4 is 5.32 Å². The molecule has 1 saturated carbocycles. The second kappa shape index (κ2) is 7.11. The molecule has 3 nitrogen and oxygen atoms in total. The van der Waals surface area contributed by atoms with Crippen molar-refractivity contribution in [1.29, 1.82) is 0 Å². The van der Waals surface area contributed by atoms with Crippen molar-refractivity contribution in [2.24, 2.45) is 11.8 Å². The van der Waals surface area contributed by atoms with Crippen LogP contribution in [0.1, 0.15) is 51.6 Å². The van der Waals surface area contributed by atoms with Crippen LogP contribution in [0.3, 0.4) is 0 Å². The van der Waals surface area contributed by atoms with Gasteiger partial charge in [-0.1, -0.05) is 20.8 Å². The largest absolute Gasteiger partial charge is 0.462 e. The normalized spacial score (nSPS) is 27.6. The molecule has 0 amide bonds. The van der Waals surface area contributed by atoms with Crippen molar-refractivity contribution >= 4 is 0 Å². The number of hydrogen-bond acceptors (Lipinski definition) is 3. The van der Waals surface area contributed by atoms with Gasteiger partial charge >= 0.3 is 0 Å². The number of ether oxygens (including phenoxy) is 1. The Hall–Kier alpha value is -0.800. The summed E-state index contributed by atoms with van der Waals surface area (Å²) in [5.74, 6) is 3.56. The molecule has 0 aliphatic heterocycles. The van der Waals surface area contributed by atoms with E-state index in [0.29, 0.717) is 12.7 Å². The van der Waals surface area contributed by atoms with E-state index < -0.39 is 0 Å². The van der Waals surface area contributed by atoms with Crippen molar-refractivity contribution in [2.45, 2.75) is 59.3 Å². The van der Waals surface area contributed by atoms with Crippen LogP contribution in [0.4, 0.5) is 0 Å². The maximum absolute atomic E-state index is 5.99. The third kappa shape index (κ3) is 4.36. The molecule has 1 fully saturated rings. The van der Waals surface area contributed by atoms with Crippen LogP contribution in [0.15, 0.2) is 16.5 Å². The van der Waals surface area contributed by atoms with Gasteiger partial charge in [-0.2, -0.15) is 0 Å². The van der Waals surface area contributed by atoms with Gasteiger partial charge in [0.05, 0.1) is 12.6 Å². The molecule has 3 atom stereocenters. The number of rotatable bonds is 6. The fourth-order valence-electron chi connectivity index (χ4n) is 2.69. The highest BCUT2D eigenvalue weighted by atomic mass is 16.5. The van der Waals surface area contributed by atoms with E-state index in [9.17, 15) is 0 Å². The van der Waals surface area contributed by atoms with Gasteiger partial charge in [0.25, 0.3) is 0 Å². The van der Waals surface area contributed by atoms with Crippen LogP contribution in [-0.2, 0) is 17.9 Å². The standard InChI is InChI=1S/C16H27NO2/c1-4-17-10-15-7-8-16(19-15)11-18-14-6-5-12(2)13(3)9-14/h7-8,12-14,17H,4-6,9-11H2,1-3H3. The van der Waals surface area contributed by atoms with Gasteiger partial charge in [0.1, 0.15) is 18.1 Å². The molecule has 0 bridgehead atoms. The summed E-state index contributed by atoms with van der Waals surface area (Å²) in [6.45, 7) is 9.15. The average molecular weight is 265 g/mol. The van der Waals surface area contributed by atoms with Gasteiger partial charge in [0.15, 0.2) is 0 Å². The van der Waals surface area contributed by atoms with Crippen LogP contribution >= 0.6 is 0 Å². The average Bonchev–Trinajstić information content (AvgIpc) is 2.86. The van der Waals surface area contributed by atoms with E-state index in [1.165, 1.54) is 19.3 Å². The van der Waals surface area contributed by atoms with E-state index >= 15 is 0 Å². The highest BCUT2D eigenvalue weighted by molar-refractivity contribution is 5.06. The van der Waals surface area contributed by atoms with Crippen molar-refractivity contribution in [3.63, 3.8) is 0 Å². The van der Waals surface area contributed by atoms with Crippen molar-refractivity contribution in [1.82, 2.24) is 5.32 Å². The van der Waals surface area contributed by atoms with Crippen molar-refractivity contribution in [2.75, 3.05) is 6.54 Å². The zero-order valence-electron chi connectivity index (χ0n) is 12.4. The second-order valence-electron chi connectivity index (χ2n) is 5.85. The summed E-state index contributed by atoms with van der Waals surface area (Å²) in [6, 6.07) is 4.06. The molecule has 3 heteroatoms. The van der Waals surface area contributed by atoms with E-state index in [4.69, 9.17) is 9.15 Å². The minimum atomic E-state index is 0.411. The molecule has 1 aliphatic rings. The number of hydrogen-bond donors (Lipinski definition) is 1. The van der Waals surface area contributed by atoms with Crippen LogP contribution in [0, 0.1) is 11.8 Å². The highest BCUT2D eigenvalue weighted by Gasteiger charge is 2.25. The summed E-state index contributed by atoms with van der Waals surface area (Å²) in [7, 11) is 0. The SMILES string of the molecule is CCNCc1ccc(COC2CCC(C)C(C)C2)o1. The van der Waals surface area contributed by atoms with Crippen molar-refractivity contribution in [3.05, 3.63) is 23.7 Å². The van der Waals surface area contributed by atoms with Crippen LogP contribution in [0.2, 0.25) is 0 Å². The molecule has 0 saturated heterocycles. The van der Waals surface area contributed by atoms with E-state index in [1.54, 1.807) is 0 Å². The first-order valence-electron chi connectivity index (χ1n) is 7.59. The van der Waals surface area contributed by atoms with E-state index in [2.05, 4.69) is 26.1 Å². The Morgan fingerprint density at radius 1 is 1.21 bits per heavy atom. The zero-order chi connectivity index (χ0) is 13.7. The molecule has 1 heterocycles. The fraction of sp³-hybridized carbons (Fsp3) is 0.750. The molecular formula is C16H27NO2. The summed E-state index contributed by atoms with van der Waals surface area (Å²) in [5, 5.41) is 3.26. The Morgan fingerprint density at radius 2 is 2.00 bits per heavy atom. The lowest BCUT2D eigenvalue weighted by Crippen LogP contribution is -2.26. The molecule has 1 N–H and O–H groups in total. The summed E-state index contributed by atoms with van der Waals surface area (Å²) in [5.41, 5.74) is 0. The van der Waals surface area contributed by atoms with Gasteiger partial charge in [0.2, 0.25) is 0 Å². The minimum Gasteiger partial charge on any atom is -0.462 e. The number of nitrogens with one attached hydrogen (secondary N) is 1. The Balaban J connectivity index is 1.74. The zero-order valence-corrected chi connectivity index (χ0v) is 12.4. The lowest BCUT2D eigenvalue weighted by atomic mass is 9.80. The highest BCUT2D eigenvalue weighted by Crippen LogP contribution is 2.31. The first-order chi connectivity index (χ1) is 9.19. The smallest absolute Gasteiger partial charge is 0.129 e. The molecule has 19 heavy (non-hydrogen) atoms. The van der Waals surface area contributed by atoms with Crippen LogP contribution in [-0.4, -0.2) is 12.6 Å². The minimum absolute atomic E-state index is 0.411. The maximum atomic E-state index is 5.99. The third-order valence-electron chi connectivity index (χ3n) is 4.28. The molecule has 0 spiro atoms. The topological polar surface area (TPSA) is 34.4 Å². The molecule has 1 aromatic heterocycles. The monoisotopic (exact) mass is 265 g/mol. The van der Waals surface area contributed by atoms with Crippen LogP contribution in [0.5, 0.6) is 0 Å². The third-order valence-corrected chi connectivity index (χ3v) is 4.28.